The van der Waals surface area contributed by atoms with Crippen LogP contribution in [0.5, 0.6) is 0 Å². The van der Waals surface area contributed by atoms with Gasteiger partial charge in [0.1, 0.15) is 6.04 Å². The first-order valence-corrected chi connectivity index (χ1v) is 9.73. The number of urea groups is 1. The van der Waals surface area contributed by atoms with E-state index in [4.69, 9.17) is 5.11 Å². The minimum atomic E-state index is -0.844. The van der Waals surface area contributed by atoms with Crippen LogP contribution < -0.4 is 16.0 Å². The first-order valence-electron chi connectivity index (χ1n) is 9.73. The molecule has 1 aliphatic rings. The van der Waals surface area contributed by atoms with Crippen molar-refractivity contribution in [1.29, 1.82) is 0 Å². The fourth-order valence-electron chi connectivity index (χ4n) is 3.29. The molecule has 0 bridgehead atoms. The maximum absolute atomic E-state index is 12.1. The van der Waals surface area contributed by atoms with Gasteiger partial charge in [-0.25, -0.2) is 4.79 Å². The van der Waals surface area contributed by atoms with E-state index in [1.165, 1.54) is 0 Å². The number of hydrogen-bond acceptors (Lipinski definition) is 4. The zero-order valence-electron chi connectivity index (χ0n) is 16.5. The maximum Gasteiger partial charge on any atom is 0.317 e. The normalized spacial score (nSPS) is 19.4. The van der Waals surface area contributed by atoms with Crippen molar-refractivity contribution in [3.63, 3.8) is 0 Å². The Hall–Kier alpha value is -2.61. The highest BCUT2D eigenvalue weighted by atomic mass is 16.4. The van der Waals surface area contributed by atoms with Crippen LogP contribution in [-0.4, -0.2) is 65.7 Å². The summed E-state index contributed by atoms with van der Waals surface area (Å²) in [6.07, 6.45) is 2.16. The monoisotopic (exact) mass is 390 g/mol. The van der Waals surface area contributed by atoms with Gasteiger partial charge in [-0.2, -0.15) is 0 Å². The standard InChI is InChI=1S/C20H30N4O4/c1-3-24(13-18(25)26)17-11-16(12-17)23-20(28)22-14(2)19(27)21-10-9-15-7-5-4-6-8-15/h4-8,14,16-17H,3,9-13H2,1-2H3,(H,21,27)(H,25,26)(H2,22,23,28)/t14-,16?,17?/m0/s1. The van der Waals surface area contributed by atoms with Crippen molar-refractivity contribution in [3.8, 4) is 0 Å². The molecule has 0 unspecified atom stereocenters. The number of benzene rings is 1. The first kappa shape index (κ1) is 21.7. The van der Waals surface area contributed by atoms with Crippen molar-refractivity contribution in [2.24, 2.45) is 0 Å². The fraction of sp³-hybridized carbons (Fsp3) is 0.550. The Morgan fingerprint density at radius 1 is 1.21 bits per heavy atom. The molecule has 154 valence electrons. The molecule has 0 aliphatic heterocycles. The molecular formula is C20H30N4O4. The summed E-state index contributed by atoms with van der Waals surface area (Å²) >= 11 is 0. The second-order valence-electron chi connectivity index (χ2n) is 7.15. The van der Waals surface area contributed by atoms with Crippen LogP contribution in [0.2, 0.25) is 0 Å². The largest absolute Gasteiger partial charge is 0.480 e. The first-order chi connectivity index (χ1) is 13.4. The number of aliphatic carboxylic acids is 1. The minimum absolute atomic E-state index is 0.00110. The van der Waals surface area contributed by atoms with Crippen LogP contribution in [0.15, 0.2) is 30.3 Å². The molecule has 4 N–H and O–H groups in total. The molecule has 0 heterocycles. The SMILES string of the molecule is CCN(CC(=O)O)C1CC(NC(=O)N[C@@H](C)C(=O)NCCc2ccccc2)C1. The van der Waals surface area contributed by atoms with Crippen molar-refractivity contribution in [3.05, 3.63) is 35.9 Å². The van der Waals surface area contributed by atoms with Crippen LogP contribution in [0, 0.1) is 0 Å². The highest BCUT2D eigenvalue weighted by Gasteiger charge is 2.34. The summed E-state index contributed by atoms with van der Waals surface area (Å²) in [6.45, 7) is 4.76. The van der Waals surface area contributed by atoms with Crippen LogP contribution >= 0.6 is 0 Å². The van der Waals surface area contributed by atoms with Gasteiger partial charge in [0, 0.05) is 18.6 Å². The molecule has 3 amide bonds. The lowest BCUT2D eigenvalue weighted by molar-refractivity contribution is -0.139. The quantitative estimate of drug-likeness (QED) is 0.476. The van der Waals surface area contributed by atoms with Crippen molar-refractivity contribution < 1.29 is 19.5 Å². The van der Waals surface area contributed by atoms with E-state index in [1.807, 2.05) is 42.2 Å². The lowest BCUT2D eigenvalue weighted by Crippen LogP contribution is -2.58. The van der Waals surface area contributed by atoms with E-state index in [-0.39, 0.29) is 30.6 Å². The van der Waals surface area contributed by atoms with Crippen LogP contribution in [0.1, 0.15) is 32.3 Å². The molecule has 8 nitrogen and oxygen atoms in total. The molecule has 28 heavy (non-hydrogen) atoms. The Labute approximate surface area is 165 Å². The van der Waals surface area contributed by atoms with Gasteiger partial charge < -0.3 is 21.1 Å². The molecule has 1 atom stereocenters. The van der Waals surface area contributed by atoms with E-state index in [0.717, 1.165) is 12.0 Å². The molecule has 0 spiro atoms. The van der Waals surface area contributed by atoms with Gasteiger partial charge in [0.25, 0.3) is 0 Å². The number of nitrogens with one attached hydrogen (secondary N) is 3. The van der Waals surface area contributed by atoms with E-state index in [2.05, 4.69) is 16.0 Å². The molecule has 0 saturated heterocycles. The van der Waals surface area contributed by atoms with Crippen molar-refractivity contribution >= 4 is 17.9 Å². The molecule has 2 rings (SSSR count). The second kappa shape index (κ2) is 10.7. The number of hydrogen-bond donors (Lipinski definition) is 4. The van der Waals surface area contributed by atoms with E-state index in [9.17, 15) is 14.4 Å². The molecule has 0 radical (unpaired) electrons. The van der Waals surface area contributed by atoms with Gasteiger partial charge in [0.05, 0.1) is 6.54 Å². The van der Waals surface area contributed by atoms with E-state index in [1.54, 1.807) is 6.92 Å². The minimum Gasteiger partial charge on any atom is -0.480 e. The van der Waals surface area contributed by atoms with Gasteiger partial charge in [-0.15, -0.1) is 0 Å². The zero-order valence-corrected chi connectivity index (χ0v) is 16.5. The van der Waals surface area contributed by atoms with Gasteiger partial charge in [0.15, 0.2) is 0 Å². The summed E-state index contributed by atoms with van der Waals surface area (Å²) in [5.41, 5.74) is 1.14. The highest BCUT2D eigenvalue weighted by Crippen LogP contribution is 2.25. The van der Waals surface area contributed by atoms with Crippen LogP contribution in [-0.2, 0) is 16.0 Å². The van der Waals surface area contributed by atoms with Gasteiger partial charge in [-0.05, 0) is 38.3 Å². The molecule has 0 aromatic heterocycles. The Balaban J connectivity index is 1.63. The number of carboxylic acids is 1. The van der Waals surface area contributed by atoms with Crippen molar-refractivity contribution in [2.75, 3.05) is 19.6 Å². The number of carbonyl (C=O) groups excluding carboxylic acids is 2. The zero-order chi connectivity index (χ0) is 20.5. The third-order valence-electron chi connectivity index (χ3n) is 5.01. The Kier molecular flexibility index (Phi) is 8.25. The summed E-state index contributed by atoms with van der Waals surface area (Å²) in [5, 5.41) is 17.2. The maximum atomic E-state index is 12.1. The molecule has 8 heteroatoms. The average Bonchev–Trinajstić information content (AvgIpc) is 2.63. The molecule has 1 saturated carbocycles. The Morgan fingerprint density at radius 3 is 2.50 bits per heavy atom. The van der Waals surface area contributed by atoms with Crippen LogP contribution in [0.25, 0.3) is 0 Å². The molecule has 1 fully saturated rings. The van der Waals surface area contributed by atoms with E-state index >= 15 is 0 Å². The summed E-state index contributed by atoms with van der Waals surface area (Å²) in [4.78, 5) is 36.9. The van der Waals surface area contributed by atoms with Gasteiger partial charge in [-0.1, -0.05) is 37.3 Å². The Bertz CT molecular complexity index is 661. The summed E-state index contributed by atoms with van der Waals surface area (Å²) < 4.78 is 0. The third-order valence-corrected chi connectivity index (χ3v) is 5.01. The summed E-state index contributed by atoms with van der Waals surface area (Å²) in [7, 11) is 0. The molecule has 1 aliphatic carbocycles. The molecular weight excluding hydrogens is 360 g/mol. The number of rotatable bonds is 10. The smallest absolute Gasteiger partial charge is 0.317 e. The van der Waals surface area contributed by atoms with Crippen molar-refractivity contribution in [1.82, 2.24) is 20.9 Å². The van der Waals surface area contributed by atoms with Crippen LogP contribution in [0.4, 0.5) is 4.79 Å². The van der Waals surface area contributed by atoms with Gasteiger partial charge in [-0.3, -0.25) is 14.5 Å². The topological polar surface area (TPSA) is 111 Å². The molecule has 1 aromatic carbocycles. The number of amides is 3. The predicted octanol–water partition coefficient (Wildman–Crippen LogP) is 0.971. The summed E-state index contributed by atoms with van der Waals surface area (Å²) in [6, 6.07) is 9.03. The summed E-state index contributed by atoms with van der Waals surface area (Å²) in [5.74, 6) is -1.07. The Morgan fingerprint density at radius 2 is 1.89 bits per heavy atom. The van der Waals surface area contributed by atoms with E-state index in [0.29, 0.717) is 25.9 Å². The van der Waals surface area contributed by atoms with E-state index < -0.39 is 12.0 Å². The average molecular weight is 390 g/mol. The van der Waals surface area contributed by atoms with Gasteiger partial charge >= 0.3 is 12.0 Å². The van der Waals surface area contributed by atoms with Crippen LogP contribution in [0.3, 0.4) is 0 Å². The lowest BCUT2D eigenvalue weighted by atomic mass is 9.85. The third kappa shape index (κ3) is 6.84. The predicted molar refractivity (Wildman–Crippen MR) is 106 cm³/mol. The number of likely N-dealkylation sites (N-methyl/N-ethyl adjacent to an activating group) is 1. The van der Waals surface area contributed by atoms with Crippen molar-refractivity contribution in [2.45, 2.75) is 51.2 Å². The second-order valence-corrected chi connectivity index (χ2v) is 7.15. The highest BCUT2D eigenvalue weighted by molar-refractivity contribution is 5.86. The number of nitrogens with zero attached hydrogens (tertiary/aromatic N) is 1. The molecule has 1 aromatic rings. The van der Waals surface area contributed by atoms with Gasteiger partial charge in [0.2, 0.25) is 5.91 Å². The number of carbonyl (C=O) groups is 3. The fourth-order valence-corrected chi connectivity index (χ4v) is 3.29. The number of carboxylic acid groups (broad SMARTS) is 1. The lowest BCUT2D eigenvalue weighted by Gasteiger charge is -2.42.